The summed E-state index contributed by atoms with van der Waals surface area (Å²) in [6.07, 6.45) is 0. The standard InChI is InChI=1S/C12H16ClNO2/c1-12(7-16-8-12)6-14-5-9-10(13)3-2-4-11(9)15/h2-4,14-15H,5-8H2,1H3. The van der Waals surface area contributed by atoms with Gasteiger partial charge in [-0.25, -0.2) is 0 Å². The van der Waals surface area contributed by atoms with Crippen LogP contribution in [0.5, 0.6) is 5.75 Å². The van der Waals surface area contributed by atoms with E-state index in [4.69, 9.17) is 16.3 Å². The normalized spacial score (nSPS) is 18.1. The third-order valence-corrected chi connectivity index (χ3v) is 3.20. The first-order chi connectivity index (χ1) is 7.61. The molecule has 0 aromatic heterocycles. The highest BCUT2D eigenvalue weighted by Gasteiger charge is 2.32. The van der Waals surface area contributed by atoms with Gasteiger partial charge in [0.15, 0.2) is 0 Å². The number of rotatable bonds is 4. The van der Waals surface area contributed by atoms with E-state index in [-0.39, 0.29) is 11.2 Å². The maximum absolute atomic E-state index is 9.64. The third-order valence-electron chi connectivity index (χ3n) is 2.85. The quantitative estimate of drug-likeness (QED) is 0.849. The lowest BCUT2D eigenvalue weighted by Crippen LogP contribution is -2.47. The molecule has 1 aliphatic heterocycles. The number of benzene rings is 1. The second-order valence-corrected chi connectivity index (χ2v) is 5.05. The summed E-state index contributed by atoms with van der Waals surface area (Å²) in [4.78, 5) is 0. The summed E-state index contributed by atoms with van der Waals surface area (Å²) >= 11 is 6.00. The fourth-order valence-electron chi connectivity index (χ4n) is 1.76. The van der Waals surface area contributed by atoms with Gasteiger partial charge in [0, 0.05) is 29.1 Å². The van der Waals surface area contributed by atoms with Crippen molar-refractivity contribution in [2.45, 2.75) is 13.5 Å². The molecule has 0 spiro atoms. The molecule has 88 valence electrons. The van der Waals surface area contributed by atoms with Crippen molar-refractivity contribution < 1.29 is 9.84 Å². The van der Waals surface area contributed by atoms with Crippen LogP contribution in [0.1, 0.15) is 12.5 Å². The molecule has 0 bridgehead atoms. The van der Waals surface area contributed by atoms with E-state index in [1.54, 1.807) is 18.2 Å². The number of aromatic hydroxyl groups is 1. The van der Waals surface area contributed by atoms with Crippen molar-refractivity contribution in [2.24, 2.45) is 5.41 Å². The van der Waals surface area contributed by atoms with E-state index >= 15 is 0 Å². The molecule has 1 heterocycles. The molecule has 4 heteroatoms. The summed E-state index contributed by atoms with van der Waals surface area (Å²) in [7, 11) is 0. The van der Waals surface area contributed by atoms with E-state index in [0.717, 1.165) is 25.3 Å². The molecule has 1 aromatic rings. The van der Waals surface area contributed by atoms with E-state index < -0.39 is 0 Å². The molecular formula is C12H16ClNO2. The predicted octanol–water partition coefficient (Wildman–Crippen LogP) is 2.17. The molecule has 1 saturated heterocycles. The van der Waals surface area contributed by atoms with Crippen LogP contribution >= 0.6 is 11.6 Å². The van der Waals surface area contributed by atoms with Crippen LogP contribution in [0.15, 0.2) is 18.2 Å². The molecule has 0 unspecified atom stereocenters. The molecule has 0 aliphatic carbocycles. The van der Waals surface area contributed by atoms with Gasteiger partial charge in [0.05, 0.1) is 13.2 Å². The van der Waals surface area contributed by atoms with E-state index in [1.165, 1.54) is 0 Å². The molecule has 1 aliphatic rings. The van der Waals surface area contributed by atoms with Crippen molar-refractivity contribution in [1.29, 1.82) is 0 Å². The van der Waals surface area contributed by atoms with Crippen LogP contribution in [0.3, 0.4) is 0 Å². The van der Waals surface area contributed by atoms with Crippen molar-refractivity contribution >= 4 is 11.6 Å². The topological polar surface area (TPSA) is 41.5 Å². The molecule has 16 heavy (non-hydrogen) atoms. The zero-order valence-corrected chi connectivity index (χ0v) is 10.0. The van der Waals surface area contributed by atoms with Crippen LogP contribution in [-0.2, 0) is 11.3 Å². The smallest absolute Gasteiger partial charge is 0.121 e. The van der Waals surface area contributed by atoms with Gasteiger partial charge in [-0.2, -0.15) is 0 Å². The summed E-state index contributed by atoms with van der Waals surface area (Å²) in [5, 5.41) is 13.5. The van der Waals surface area contributed by atoms with Gasteiger partial charge in [0.1, 0.15) is 5.75 Å². The van der Waals surface area contributed by atoms with Crippen LogP contribution in [0.4, 0.5) is 0 Å². The van der Waals surface area contributed by atoms with E-state index in [9.17, 15) is 5.11 Å². The number of halogens is 1. The van der Waals surface area contributed by atoms with Gasteiger partial charge in [-0.3, -0.25) is 0 Å². The Morgan fingerprint density at radius 1 is 1.50 bits per heavy atom. The zero-order valence-electron chi connectivity index (χ0n) is 9.29. The monoisotopic (exact) mass is 241 g/mol. The summed E-state index contributed by atoms with van der Waals surface area (Å²) in [5.41, 5.74) is 0.990. The Balaban J connectivity index is 1.89. The van der Waals surface area contributed by atoms with Gasteiger partial charge >= 0.3 is 0 Å². The molecule has 0 amide bonds. The number of hydrogen-bond donors (Lipinski definition) is 2. The van der Waals surface area contributed by atoms with E-state index in [0.29, 0.717) is 11.6 Å². The average molecular weight is 242 g/mol. The maximum Gasteiger partial charge on any atom is 0.121 e. The van der Waals surface area contributed by atoms with Gasteiger partial charge in [-0.05, 0) is 12.1 Å². The molecule has 0 saturated carbocycles. The van der Waals surface area contributed by atoms with Crippen LogP contribution in [-0.4, -0.2) is 24.9 Å². The van der Waals surface area contributed by atoms with E-state index in [1.807, 2.05) is 0 Å². The van der Waals surface area contributed by atoms with Gasteiger partial charge in [-0.1, -0.05) is 24.6 Å². The minimum absolute atomic E-state index is 0.233. The molecule has 0 radical (unpaired) electrons. The van der Waals surface area contributed by atoms with Crippen LogP contribution < -0.4 is 5.32 Å². The Bertz CT molecular complexity index is 357. The van der Waals surface area contributed by atoms with Crippen molar-refractivity contribution in [3.63, 3.8) is 0 Å². The number of phenolic OH excluding ortho intramolecular Hbond substituents is 1. The molecule has 1 aromatic carbocycles. The van der Waals surface area contributed by atoms with Crippen LogP contribution in [0, 0.1) is 5.41 Å². The number of hydrogen-bond acceptors (Lipinski definition) is 3. The third kappa shape index (κ3) is 2.48. The Kier molecular flexibility index (Phi) is 3.38. The number of nitrogens with one attached hydrogen (secondary N) is 1. The van der Waals surface area contributed by atoms with Gasteiger partial charge in [0.2, 0.25) is 0 Å². The lowest BCUT2D eigenvalue weighted by atomic mass is 9.89. The SMILES string of the molecule is CC1(CNCc2c(O)cccc2Cl)COC1. The highest BCUT2D eigenvalue weighted by molar-refractivity contribution is 6.31. The molecule has 2 rings (SSSR count). The second kappa shape index (κ2) is 4.62. The Hall–Kier alpha value is -0.770. The Labute approximate surface area is 100 Å². The number of phenols is 1. The summed E-state index contributed by atoms with van der Waals surface area (Å²) in [6, 6.07) is 5.17. The molecule has 0 atom stereocenters. The van der Waals surface area contributed by atoms with Crippen molar-refractivity contribution in [3.05, 3.63) is 28.8 Å². The van der Waals surface area contributed by atoms with Gasteiger partial charge in [0.25, 0.3) is 0 Å². The minimum Gasteiger partial charge on any atom is -0.508 e. The van der Waals surface area contributed by atoms with Crippen molar-refractivity contribution in [2.75, 3.05) is 19.8 Å². The molecule has 2 N–H and O–H groups in total. The minimum atomic E-state index is 0.233. The Morgan fingerprint density at radius 3 is 2.81 bits per heavy atom. The molecule has 1 fully saturated rings. The first kappa shape index (κ1) is 11.7. The summed E-state index contributed by atoms with van der Waals surface area (Å²) < 4.78 is 5.17. The summed E-state index contributed by atoms with van der Waals surface area (Å²) in [5.74, 6) is 0.245. The molecular weight excluding hydrogens is 226 g/mol. The van der Waals surface area contributed by atoms with Gasteiger partial charge in [-0.15, -0.1) is 0 Å². The fourth-order valence-corrected chi connectivity index (χ4v) is 2.00. The highest BCUT2D eigenvalue weighted by Crippen LogP contribution is 2.27. The first-order valence-corrected chi connectivity index (χ1v) is 5.73. The second-order valence-electron chi connectivity index (χ2n) is 4.64. The van der Waals surface area contributed by atoms with Crippen molar-refractivity contribution in [3.8, 4) is 5.75 Å². The van der Waals surface area contributed by atoms with Crippen LogP contribution in [0.2, 0.25) is 5.02 Å². The Morgan fingerprint density at radius 2 is 2.25 bits per heavy atom. The average Bonchev–Trinajstić information content (AvgIpc) is 2.20. The van der Waals surface area contributed by atoms with E-state index in [2.05, 4.69) is 12.2 Å². The first-order valence-electron chi connectivity index (χ1n) is 5.36. The summed E-state index contributed by atoms with van der Waals surface area (Å²) in [6.45, 7) is 5.23. The lowest BCUT2D eigenvalue weighted by molar-refractivity contribution is -0.0991. The van der Waals surface area contributed by atoms with Crippen molar-refractivity contribution in [1.82, 2.24) is 5.32 Å². The van der Waals surface area contributed by atoms with Crippen LogP contribution in [0.25, 0.3) is 0 Å². The largest absolute Gasteiger partial charge is 0.508 e. The lowest BCUT2D eigenvalue weighted by Gasteiger charge is -2.38. The maximum atomic E-state index is 9.64. The highest BCUT2D eigenvalue weighted by atomic mass is 35.5. The number of ether oxygens (including phenoxy) is 1. The predicted molar refractivity (Wildman–Crippen MR) is 63.7 cm³/mol. The van der Waals surface area contributed by atoms with Gasteiger partial charge < -0.3 is 15.2 Å². The zero-order chi connectivity index (χ0) is 11.6. The molecule has 3 nitrogen and oxygen atoms in total. The fraction of sp³-hybridized carbons (Fsp3) is 0.500.